The maximum atomic E-state index is 13.1. The Morgan fingerprint density at radius 2 is 2.00 bits per heavy atom. The van der Waals surface area contributed by atoms with Gasteiger partial charge in [-0.3, -0.25) is 0 Å². The van der Waals surface area contributed by atoms with E-state index in [0.29, 0.717) is 5.56 Å². The third kappa shape index (κ3) is 2.57. The fraction of sp³-hybridized carbons (Fsp3) is 0.0769. The van der Waals surface area contributed by atoms with Crippen molar-refractivity contribution >= 4 is 0 Å². The van der Waals surface area contributed by atoms with Crippen LogP contribution in [0.2, 0.25) is 0 Å². The maximum Gasteiger partial charge on any atom is 0.165 e. The Balaban J connectivity index is 2.05. The highest BCUT2D eigenvalue weighted by Crippen LogP contribution is 2.16. The molecule has 0 saturated carbocycles. The molecule has 0 heterocycles. The van der Waals surface area contributed by atoms with Gasteiger partial charge in [0.1, 0.15) is 12.4 Å². The number of halogens is 2. The van der Waals surface area contributed by atoms with Crippen LogP contribution in [-0.2, 0) is 6.61 Å². The van der Waals surface area contributed by atoms with Crippen molar-refractivity contribution in [3.8, 4) is 5.75 Å². The zero-order valence-electron chi connectivity index (χ0n) is 8.41. The van der Waals surface area contributed by atoms with Crippen molar-refractivity contribution in [1.29, 1.82) is 0 Å². The summed E-state index contributed by atoms with van der Waals surface area (Å²) in [7, 11) is 0. The van der Waals surface area contributed by atoms with Crippen molar-refractivity contribution in [2.45, 2.75) is 6.61 Å². The van der Waals surface area contributed by atoms with Gasteiger partial charge in [0.05, 0.1) is 0 Å². The lowest BCUT2D eigenvalue weighted by Gasteiger charge is -2.06. The Labute approximate surface area is 92.3 Å². The van der Waals surface area contributed by atoms with Crippen molar-refractivity contribution in [1.82, 2.24) is 0 Å². The minimum atomic E-state index is -0.473. The molecule has 0 aliphatic carbocycles. The van der Waals surface area contributed by atoms with Gasteiger partial charge >= 0.3 is 0 Å². The monoisotopic (exact) mass is 219 g/mol. The summed E-state index contributed by atoms with van der Waals surface area (Å²) in [5.74, 6) is -0.760. The van der Waals surface area contributed by atoms with Crippen LogP contribution in [-0.4, -0.2) is 0 Å². The third-order valence-electron chi connectivity index (χ3n) is 2.04. The zero-order chi connectivity index (χ0) is 11.4. The number of hydrogen-bond donors (Lipinski definition) is 0. The Hall–Kier alpha value is -1.90. The Morgan fingerprint density at radius 3 is 2.75 bits per heavy atom. The minimum absolute atomic E-state index is 0.0479. The highest BCUT2D eigenvalue weighted by Gasteiger charge is 2.02. The quantitative estimate of drug-likeness (QED) is 0.769. The van der Waals surface area contributed by atoms with Crippen LogP contribution in [0, 0.1) is 17.7 Å². The summed E-state index contributed by atoms with van der Waals surface area (Å²) in [4.78, 5) is 0. The van der Waals surface area contributed by atoms with E-state index in [1.807, 2.05) is 0 Å². The lowest BCUT2D eigenvalue weighted by Crippen LogP contribution is -1.97. The molecule has 0 aliphatic heterocycles. The van der Waals surface area contributed by atoms with Gasteiger partial charge in [-0.15, -0.1) is 0 Å². The molecule has 2 aromatic carbocycles. The Bertz CT molecular complexity index is 483. The normalized spacial score (nSPS) is 10.1. The van der Waals surface area contributed by atoms with E-state index < -0.39 is 5.82 Å². The predicted octanol–water partition coefficient (Wildman–Crippen LogP) is 3.34. The fourth-order valence-electron chi connectivity index (χ4n) is 1.29. The second-order valence-corrected chi connectivity index (χ2v) is 3.27. The van der Waals surface area contributed by atoms with E-state index in [0.717, 1.165) is 0 Å². The first-order valence-corrected chi connectivity index (χ1v) is 4.79. The van der Waals surface area contributed by atoms with Crippen molar-refractivity contribution < 1.29 is 13.5 Å². The number of ether oxygens (including phenoxy) is 1. The number of benzene rings is 2. The van der Waals surface area contributed by atoms with Gasteiger partial charge in [-0.2, -0.15) is 0 Å². The molecule has 0 unspecified atom stereocenters. The first kappa shape index (κ1) is 10.6. The van der Waals surface area contributed by atoms with Crippen LogP contribution in [0.3, 0.4) is 0 Å². The lowest BCUT2D eigenvalue weighted by atomic mass is 10.2. The summed E-state index contributed by atoms with van der Waals surface area (Å²) in [6, 6.07) is 13.0. The molecule has 0 spiro atoms. The SMILES string of the molecule is Fc1cccc(COc2[c]cccc2F)c1. The van der Waals surface area contributed by atoms with Crippen molar-refractivity contribution in [2.24, 2.45) is 0 Å². The smallest absolute Gasteiger partial charge is 0.165 e. The van der Waals surface area contributed by atoms with Crippen LogP contribution >= 0.6 is 0 Å². The molecule has 0 aliphatic rings. The van der Waals surface area contributed by atoms with E-state index in [1.165, 1.54) is 24.3 Å². The largest absolute Gasteiger partial charge is 0.485 e. The molecule has 0 saturated heterocycles. The Morgan fingerprint density at radius 1 is 1.12 bits per heavy atom. The summed E-state index contributed by atoms with van der Waals surface area (Å²) in [6.07, 6.45) is 0. The average Bonchev–Trinajstić information content (AvgIpc) is 2.28. The molecular formula is C13H9F2O. The van der Waals surface area contributed by atoms with E-state index >= 15 is 0 Å². The lowest BCUT2D eigenvalue weighted by molar-refractivity contribution is 0.289. The molecule has 16 heavy (non-hydrogen) atoms. The third-order valence-corrected chi connectivity index (χ3v) is 2.04. The molecule has 1 nitrogen and oxygen atoms in total. The molecule has 0 fully saturated rings. The molecule has 0 amide bonds. The molecule has 0 N–H and O–H groups in total. The summed E-state index contributed by atoms with van der Waals surface area (Å²) < 4.78 is 31.2. The molecule has 3 heteroatoms. The first-order chi connectivity index (χ1) is 7.75. The van der Waals surface area contributed by atoms with E-state index in [4.69, 9.17) is 4.74 Å². The van der Waals surface area contributed by atoms with E-state index in [-0.39, 0.29) is 18.2 Å². The summed E-state index contributed by atoms with van der Waals surface area (Å²) in [5.41, 5.74) is 0.650. The second-order valence-electron chi connectivity index (χ2n) is 3.27. The number of hydrogen-bond acceptors (Lipinski definition) is 1. The summed E-state index contributed by atoms with van der Waals surface area (Å²) >= 11 is 0. The molecule has 0 bridgehead atoms. The van der Waals surface area contributed by atoms with E-state index in [9.17, 15) is 8.78 Å². The molecule has 2 aromatic rings. The molecule has 2 rings (SSSR count). The van der Waals surface area contributed by atoms with Gasteiger partial charge in [0.25, 0.3) is 0 Å². The van der Waals surface area contributed by atoms with Crippen LogP contribution in [0.5, 0.6) is 5.75 Å². The second kappa shape index (κ2) is 4.75. The van der Waals surface area contributed by atoms with Crippen LogP contribution in [0.25, 0.3) is 0 Å². The highest BCUT2D eigenvalue weighted by atomic mass is 19.1. The highest BCUT2D eigenvalue weighted by molar-refractivity contribution is 5.23. The molecule has 0 atom stereocenters. The fourth-order valence-corrected chi connectivity index (χ4v) is 1.29. The molecule has 81 valence electrons. The minimum Gasteiger partial charge on any atom is -0.485 e. The van der Waals surface area contributed by atoms with Crippen molar-refractivity contribution in [3.63, 3.8) is 0 Å². The van der Waals surface area contributed by atoms with Crippen molar-refractivity contribution in [3.05, 3.63) is 65.7 Å². The van der Waals surface area contributed by atoms with Gasteiger partial charge in [0.15, 0.2) is 11.6 Å². The van der Waals surface area contributed by atoms with Crippen LogP contribution in [0.1, 0.15) is 5.56 Å². The van der Waals surface area contributed by atoms with Gasteiger partial charge in [0.2, 0.25) is 0 Å². The molecule has 1 radical (unpaired) electrons. The summed E-state index contributed by atoms with van der Waals surface area (Å²) in [5, 5.41) is 0. The summed E-state index contributed by atoms with van der Waals surface area (Å²) in [6.45, 7) is 0.120. The van der Waals surface area contributed by atoms with Crippen LogP contribution < -0.4 is 4.74 Å². The number of para-hydroxylation sites is 1. The topological polar surface area (TPSA) is 9.23 Å². The molecule has 0 aromatic heterocycles. The van der Waals surface area contributed by atoms with Gasteiger partial charge in [0, 0.05) is 6.07 Å². The van der Waals surface area contributed by atoms with Crippen molar-refractivity contribution in [2.75, 3.05) is 0 Å². The average molecular weight is 219 g/mol. The van der Waals surface area contributed by atoms with Crippen LogP contribution in [0.4, 0.5) is 8.78 Å². The van der Waals surface area contributed by atoms with Gasteiger partial charge < -0.3 is 4.74 Å². The van der Waals surface area contributed by atoms with Gasteiger partial charge in [-0.25, -0.2) is 8.78 Å². The zero-order valence-corrected chi connectivity index (χ0v) is 8.41. The number of rotatable bonds is 3. The standard InChI is InChI=1S/C13H9F2O/c14-11-5-3-4-10(8-11)9-16-13-7-2-1-6-12(13)15/h1-6,8H,9H2. The maximum absolute atomic E-state index is 13.1. The van der Waals surface area contributed by atoms with Gasteiger partial charge in [-0.05, 0) is 23.8 Å². The van der Waals surface area contributed by atoms with E-state index in [2.05, 4.69) is 6.07 Å². The van der Waals surface area contributed by atoms with Crippen LogP contribution in [0.15, 0.2) is 42.5 Å². The molecular weight excluding hydrogens is 210 g/mol. The van der Waals surface area contributed by atoms with Gasteiger partial charge in [-0.1, -0.05) is 24.3 Å². The Kier molecular flexibility index (Phi) is 3.15. The first-order valence-electron chi connectivity index (χ1n) is 4.79. The predicted molar refractivity (Wildman–Crippen MR) is 56.0 cm³/mol. The van der Waals surface area contributed by atoms with E-state index in [1.54, 1.807) is 18.2 Å².